The number of likely N-dealkylation sites (tertiary alicyclic amines) is 1. The Labute approximate surface area is 227 Å². The van der Waals surface area contributed by atoms with Crippen molar-refractivity contribution >= 4 is 11.6 Å². The maximum Gasteiger partial charge on any atom is 0.251 e. The molecule has 0 spiro atoms. The van der Waals surface area contributed by atoms with Crippen molar-refractivity contribution in [2.75, 3.05) is 26.3 Å². The second-order valence-electron chi connectivity index (χ2n) is 10.5. The van der Waals surface area contributed by atoms with Crippen LogP contribution in [0.2, 0.25) is 0 Å². The summed E-state index contributed by atoms with van der Waals surface area (Å²) < 4.78 is 5.29. The van der Waals surface area contributed by atoms with Crippen molar-refractivity contribution in [2.24, 2.45) is 35.0 Å². The summed E-state index contributed by atoms with van der Waals surface area (Å²) in [4.78, 5) is 13.7. The predicted molar refractivity (Wildman–Crippen MR) is 150 cm³/mol. The van der Waals surface area contributed by atoms with Crippen molar-refractivity contribution in [1.29, 1.82) is 0 Å². The third kappa shape index (κ3) is 8.20. The van der Waals surface area contributed by atoms with E-state index in [1.54, 1.807) is 30.3 Å². The summed E-state index contributed by atoms with van der Waals surface area (Å²) in [5.74, 6) is -0.0862. The van der Waals surface area contributed by atoms with Gasteiger partial charge in [0.2, 0.25) is 5.91 Å². The minimum atomic E-state index is -1.60. The number of amides is 1. The van der Waals surface area contributed by atoms with Crippen LogP contribution < -0.4 is 22.5 Å². The smallest absolute Gasteiger partial charge is 0.251 e. The summed E-state index contributed by atoms with van der Waals surface area (Å²) in [6.45, 7) is 7.06. The number of benzene rings is 1. The zero-order valence-electron chi connectivity index (χ0n) is 22.9. The lowest BCUT2D eigenvalue weighted by molar-refractivity contribution is -0.301. The van der Waals surface area contributed by atoms with E-state index < -0.39 is 5.91 Å². The van der Waals surface area contributed by atoms with Crippen LogP contribution in [0, 0.1) is 17.8 Å². The summed E-state index contributed by atoms with van der Waals surface area (Å²) in [5.41, 5.74) is 18.5. The molecule has 212 valence electrons. The Balaban J connectivity index is 0.000000199. The Morgan fingerprint density at radius 2 is 1.47 bits per heavy atom. The number of hydrogen-bond acceptors (Lipinski definition) is 8. The Morgan fingerprint density at radius 1 is 0.921 bits per heavy atom. The van der Waals surface area contributed by atoms with Gasteiger partial charge in [-0.3, -0.25) is 9.69 Å². The second-order valence-corrected chi connectivity index (χ2v) is 10.5. The number of rotatable bonds is 6. The van der Waals surface area contributed by atoms with E-state index >= 15 is 0 Å². The van der Waals surface area contributed by atoms with Gasteiger partial charge in [-0.1, -0.05) is 32.4 Å². The van der Waals surface area contributed by atoms with Crippen molar-refractivity contribution in [2.45, 2.75) is 70.7 Å². The van der Waals surface area contributed by atoms with Gasteiger partial charge in [-0.25, -0.2) is 0 Å². The minimum Gasteiger partial charge on any atom is -0.398 e. The number of fused-ring (bicyclic) bond motifs is 1. The molecule has 2 saturated carbocycles. The highest BCUT2D eigenvalue weighted by Gasteiger charge is 2.48. The average Bonchev–Trinajstić information content (AvgIpc) is 3.47. The third-order valence-corrected chi connectivity index (χ3v) is 7.81. The first-order valence-corrected chi connectivity index (χ1v) is 14.1. The quantitative estimate of drug-likeness (QED) is 0.242. The zero-order chi connectivity index (χ0) is 27.7. The van der Waals surface area contributed by atoms with Gasteiger partial charge in [-0.05, 0) is 80.2 Å². The van der Waals surface area contributed by atoms with E-state index in [1.165, 1.54) is 25.3 Å². The number of ether oxygens (including phenoxy) is 1. The standard InChI is InChI=1S/C14H18N4O.C13H23NO3.C2H6/c15-12(7-8-13(16)17)9-1-3-10(4-2-9)14(19)18-11-5-6-11;15-13(16,12-4-6-17-7-5-12)14-8-10-2-1-3-11(10)9-14;1-2/h1-4,7-8,11H,5-6,15-17H2,(H,18,19);10-12,15-16H,1-9H2;1-2H3/b12-7-;;. The third-order valence-electron chi connectivity index (χ3n) is 7.81. The largest absolute Gasteiger partial charge is 0.398 e. The average molecular weight is 530 g/mol. The van der Waals surface area contributed by atoms with Gasteiger partial charge in [-0.15, -0.1) is 0 Å². The molecule has 2 unspecified atom stereocenters. The lowest BCUT2D eigenvalue weighted by Crippen LogP contribution is -2.54. The molecular weight excluding hydrogens is 482 g/mol. The SMILES string of the molecule is CC.NC(N)=C/C=C(\N)c1ccc(C(=O)NC2CC2)cc1.OC(O)(C1CCOCC1)N1CC2CCCC2C1. The van der Waals surface area contributed by atoms with Crippen LogP contribution in [0.1, 0.15) is 74.7 Å². The molecule has 38 heavy (non-hydrogen) atoms. The van der Waals surface area contributed by atoms with Gasteiger partial charge >= 0.3 is 0 Å². The summed E-state index contributed by atoms with van der Waals surface area (Å²) >= 11 is 0. The molecule has 0 bridgehead atoms. The summed E-state index contributed by atoms with van der Waals surface area (Å²) in [6, 6.07) is 7.46. The highest BCUT2D eigenvalue weighted by Crippen LogP contribution is 2.41. The molecule has 4 aliphatic rings. The maximum atomic E-state index is 11.8. The molecule has 2 heterocycles. The molecule has 4 fully saturated rings. The molecule has 1 aromatic carbocycles. The van der Waals surface area contributed by atoms with E-state index in [4.69, 9.17) is 21.9 Å². The van der Waals surface area contributed by atoms with Crippen molar-refractivity contribution in [3.63, 3.8) is 0 Å². The monoisotopic (exact) mass is 529 g/mol. The van der Waals surface area contributed by atoms with Crippen molar-refractivity contribution < 1.29 is 19.7 Å². The van der Waals surface area contributed by atoms with Crippen molar-refractivity contribution in [1.82, 2.24) is 10.2 Å². The lowest BCUT2D eigenvalue weighted by atomic mass is 9.95. The van der Waals surface area contributed by atoms with Gasteiger partial charge in [0.15, 0.2) is 0 Å². The molecule has 1 amide bonds. The fourth-order valence-corrected chi connectivity index (χ4v) is 5.44. The molecule has 5 rings (SSSR count). The minimum absolute atomic E-state index is 0.0392. The normalized spacial score (nSPS) is 23.8. The highest BCUT2D eigenvalue weighted by molar-refractivity contribution is 5.94. The van der Waals surface area contributed by atoms with Crippen molar-refractivity contribution in [3.05, 3.63) is 53.4 Å². The molecule has 2 aliphatic heterocycles. The molecule has 1 aromatic rings. The van der Waals surface area contributed by atoms with Crippen LogP contribution in [0.25, 0.3) is 5.70 Å². The van der Waals surface area contributed by atoms with Crippen LogP contribution in [-0.2, 0) is 4.74 Å². The van der Waals surface area contributed by atoms with E-state index in [0.717, 1.165) is 44.3 Å². The molecule has 9 heteroatoms. The maximum absolute atomic E-state index is 11.8. The Kier molecular flexibility index (Phi) is 11.0. The second kappa shape index (κ2) is 14.0. The van der Waals surface area contributed by atoms with Crippen LogP contribution in [-0.4, -0.2) is 59.3 Å². The fourth-order valence-electron chi connectivity index (χ4n) is 5.44. The van der Waals surface area contributed by atoms with Gasteiger partial charge in [0.25, 0.3) is 5.91 Å². The molecule has 0 radical (unpaired) electrons. The Bertz CT molecular complexity index is 936. The van der Waals surface area contributed by atoms with Gasteiger partial charge in [0.05, 0.1) is 5.82 Å². The predicted octanol–water partition coefficient (Wildman–Crippen LogP) is 2.45. The van der Waals surface area contributed by atoms with E-state index in [-0.39, 0.29) is 17.6 Å². The Morgan fingerprint density at radius 3 is 2.00 bits per heavy atom. The molecule has 2 aliphatic carbocycles. The molecule has 0 aromatic heterocycles. The summed E-state index contributed by atoms with van der Waals surface area (Å²) in [6.07, 6.45) is 10.7. The number of carbonyl (C=O) groups is 1. The molecule has 9 N–H and O–H groups in total. The first-order chi connectivity index (χ1) is 18.2. The fraction of sp³-hybridized carbons (Fsp3) is 0.621. The first-order valence-electron chi connectivity index (χ1n) is 14.1. The lowest BCUT2D eigenvalue weighted by Gasteiger charge is -2.40. The van der Waals surface area contributed by atoms with Crippen molar-refractivity contribution in [3.8, 4) is 0 Å². The van der Waals surface area contributed by atoms with Crippen LogP contribution in [0.5, 0.6) is 0 Å². The number of hydrogen-bond donors (Lipinski definition) is 6. The number of allylic oxidation sites excluding steroid dienone is 2. The first kappa shape index (κ1) is 30.0. The Hall–Kier alpha value is -2.59. The van der Waals surface area contributed by atoms with Crippen LogP contribution in [0.3, 0.4) is 0 Å². The summed E-state index contributed by atoms with van der Waals surface area (Å²) in [5, 5.41) is 23.8. The van der Waals surface area contributed by atoms with E-state index in [0.29, 0.717) is 42.4 Å². The molecule has 9 nitrogen and oxygen atoms in total. The van der Waals surface area contributed by atoms with Gasteiger partial charge < -0.3 is 37.5 Å². The highest BCUT2D eigenvalue weighted by atomic mass is 16.5. The number of nitrogens with zero attached hydrogens (tertiary/aromatic N) is 1. The van der Waals surface area contributed by atoms with E-state index in [9.17, 15) is 15.0 Å². The number of nitrogens with two attached hydrogens (primary N) is 3. The van der Waals surface area contributed by atoms with Gasteiger partial charge in [0.1, 0.15) is 0 Å². The molecule has 2 atom stereocenters. The van der Waals surface area contributed by atoms with Crippen LogP contribution in [0.4, 0.5) is 0 Å². The van der Waals surface area contributed by atoms with Gasteiger partial charge in [0, 0.05) is 49.5 Å². The summed E-state index contributed by atoms with van der Waals surface area (Å²) in [7, 11) is 0. The topological polar surface area (TPSA) is 160 Å². The van der Waals surface area contributed by atoms with E-state index in [2.05, 4.69) is 5.32 Å². The molecule has 2 saturated heterocycles. The van der Waals surface area contributed by atoms with E-state index in [1.807, 2.05) is 18.7 Å². The zero-order valence-corrected chi connectivity index (χ0v) is 22.9. The number of aliphatic hydroxyl groups is 2. The van der Waals surface area contributed by atoms with Crippen LogP contribution >= 0.6 is 0 Å². The number of nitrogens with one attached hydrogen (secondary N) is 1. The number of carbonyl (C=O) groups excluding carboxylic acids is 1. The van der Waals surface area contributed by atoms with Crippen LogP contribution in [0.15, 0.2) is 42.2 Å². The van der Waals surface area contributed by atoms with Gasteiger partial charge in [-0.2, -0.15) is 0 Å². The molecular formula is C29H47N5O4.